The second-order valence-corrected chi connectivity index (χ2v) is 5.10. The number of halogens is 1. The predicted octanol–water partition coefficient (Wildman–Crippen LogP) is 3.61. The van der Waals surface area contributed by atoms with Gasteiger partial charge in [-0.05, 0) is 30.5 Å². The summed E-state index contributed by atoms with van der Waals surface area (Å²) < 4.78 is 13.4. The predicted molar refractivity (Wildman–Crippen MR) is 76.2 cm³/mol. The zero-order chi connectivity index (χ0) is 13.7. The van der Waals surface area contributed by atoms with E-state index in [0.29, 0.717) is 11.1 Å². The molecule has 1 amide bonds. The van der Waals surface area contributed by atoms with E-state index in [-0.39, 0.29) is 18.3 Å². The molecule has 1 aromatic heterocycles. The first-order valence-electron chi connectivity index (χ1n) is 5.90. The van der Waals surface area contributed by atoms with E-state index >= 15 is 0 Å². The van der Waals surface area contributed by atoms with E-state index < -0.39 is 0 Å². The zero-order valence-electron chi connectivity index (χ0n) is 10.5. The van der Waals surface area contributed by atoms with Crippen LogP contribution < -0.4 is 5.32 Å². The molecule has 0 atom stereocenters. The summed E-state index contributed by atoms with van der Waals surface area (Å²) in [5.74, 6) is -0.487. The van der Waals surface area contributed by atoms with Gasteiger partial charge in [0.25, 0.3) is 0 Å². The Bertz CT molecular complexity index is 590. The van der Waals surface area contributed by atoms with Crippen LogP contribution in [0.3, 0.4) is 0 Å². The molecule has 2 rings (SSSR count). The molecule has 0 saturated carbocycles. The Kier molecular flexibility index (Phi) is 4.47. The Labute approximate surface area is 115 Å². The van der Waals surface area contributed by atoms with Gasteiger partial charge in [-0.25, -0.2) is 4.39 Å². The number of benzene rings is 1. The maximum absolute atomic E-state index is 13.4. The third-order valence-electron chi connectivity index (χ3n) is 2.66. The highest BCUT2D eigenvalue weighted by molar-refractivity contribution is 7.10. The largest absolute Gasteiger partial charge is 0.348 e. The molecule has 1 aromatic carbocycles. The summed E-state index contributed by atoms with van der Waals surface area (Å²) in [6.07, 6.45) is 1.82. The molecule has 0 radical (unpaired) electrons. The fourth-order valence-electron chi connectivity index (χ4n) is 1.61. The second kappa shape index (κ2) is 6.29. The molecule has 0 aliphatic heterocycles. The zero-order valence-corrected chi connectivity index (χ0v) is 11.3. The Balaban J connectivity index is 1.97. The van der Waals surface area contributed by atoms with Crippen molar-refractivity contribution in [2.45, 2.75) is 13.5 Å². The van der Waals surface area contributed by atoms with Crippen molar-refractivity contribution < 1.29 is 9.18 Å². The van der Waals surface area contributed by atoms with Gasteiger partial charge in [0.15, 0.2) is 0 Å². The Morgan fingerprint density at radius 1 is 1.32 bits per heavy atom. The fraction of sp³-hybridized carbons (Fsp3) is 0.133. The molecular formula is C15H14FNOS. The van der Waals surface area contributed by atoms with Gasteiger partial charge in [-0.15, -0.1) is 11.3 Å². The number of carbonyl (C=O) groups is 1. The summed E-state index contributed by atoms with van der Waals surface area (Å²) in [5, 5.41) is 4.66. The highest BCUT2D eigenvalue weighted by Gasteiger charge is 2.06. The molecule has 0 aliphatic carbocycles. The van der Waals surface area contributed by atoms with Crippen LogP contribution >= 0.6 is 11.3 Å². The second-order valence-electron chi connectivity index (χ2n) is 4.12. The molecule has 2 nitrogen and oxygen atoms in total. The number of nitrogens with one attached hydrogen (secondary N) is 1. The molecule has 4 heteroatoms. The van der Waals surface area contributed by atoms with E-state index in [1.165, 1.54) is 6.07 Å². The lowest BCUT2D eigenvalue weighted by molar-refractivity contribution is -0.117. The lowest BCUT2D eigenvalue weighted by Crippen LogP contribution is -2.23. The van der Waals surface area contributed by atoms with E-state index in [9.17, 15) is 9.18 Å². The van der Waals surface area contributed by atoms with Gasteiger partial charge in [0.2, 0.25) is 5.91 Å². The van der Waals surface area contributed by atoms with Gasteiger partial charge >= 0.3 is 0 Å². The lowest BCUT2D eigenvalue weighted by atomic mass is 10.2. The summed E-state index contributed by atoms with van der Waals surface area (Å²) >= 11 is 1.57. The summed E-state index contributed by atoms with van der Waals surface area (Å²) in [6, 6.07) is 10.3. The van der Waals surface area contributed by atoms with Crippen molar-refractivity contribution in [2.75, 3.05) is 0 Å². The van der Waals surface area contributed by atoms with Crippen LogP contribution in [-0.4, -0.2) is 5.91 Å². The first-order valence-corrected chi connectivity index (χ1v) is 6.78. The highest BCUT2D eigenvalue weighted by atomic mass is 32.1. The molecule has 1 heterocycles. The van der Waals surface area contributed by atoms with Gasteiger partial charge in [-0.2, -0.15) is 0 Å². The number of thiophene rings is 1. The average molecular weight is 275 g/mol. The fourth-order valence-corrected chi connectivity index (χ4v) is 2.33. The van der Waals surface area contributed by atoms with Crippen molar-refractivity contribution in [3.63, 3.8) is 0 Å². The van der Waals surface area contributed by atoms with E-state index in [2.05, 4.69) is 5.32 Å². The lowest BCUT2D eigenvalue weighted by Gasteiger charge is -2.06. The number of amides is 1. The van der Waals surface area contributed by atoms with Crippen LogP contribution in [-0.2, 0) is 11.3 Å². The number of rotatable bonds is 4. The van der Waals surface area contributed by atoms with Crippen molar-refractivity contribution in [3.05, 3.63) is 63.6 Å². The summed E-state index contributed by atoms with van der Waals surface area (Å²) in [4.78, 5) is 12.9. The standard InChI is InChI=1S/C15H14FNOS/c1-11(9-13-6-4-8-19-13)15(18)17-10-12-5-2-3-7-14(12)16/h2-9H,10H2,1H3,(H,17,18)/b11-9+. The van der Waals surface area contributed by atoms with Crippen molar-refractivity contribution in [1.82, 2.24) is 5.32 Å². The summed E-state index contributed by atoms with van der Waals surface area (Å²) in [5.41, 5.74) is 1.10. The minimum atomic E-state index is -0.303. The van der Waals surface area contributed by atoms with Crippen molar-refractivity contribution >= 4 is 23.3 Å². The van der Waals surface area contributed by atoms with Crippen LogP contribution in [0.1, 0.15) is 17.4 Å². The normalized spacial score (nSPS) is 11.4. The minimum Gasteiger partial charge on any atom is -0.348 e. The SMILES string of the molecule is C/C(=C\c1cccs1)C(=O)NCc1ccccc1F. The molecule has 19 heavy (non-hydrogen) atoms. The van der Waals surface area contributed by atoms with Crippen molar-refractivity contribution in [1.29, 1.82) is 0 Å². The van der Waals surface area contributed by atoms with Gasteiger partial charge in [0, 0.05) is 22.6 Å². The van der Waals surface area contributed by atoms with Crippen LogP contribution in [0.2, 0.25) is 0 Å². The molecule has 0 spiro atoms. The smallest absolute Gasteiger partial charge is 0.247 e. The monoisotopic (exact) mass is 275 g/mol. The van der Waals surface area contributed by atoms with Gasteiger partial charge in [0.1, 0.15) is 5.82 Å². The maximum Gasteiger partial charge on any atom is 0.247 e. The Morgan fingerprint density at radius 3 is 2.79 bits per heavy atom. The van der Waals surface area contributed by atoms with Crippen LogP contribution in [0.5, 0.6) is 0 Å². The average Bonchev–Trinajstić information content (AvgIpc) is 2.90. The maximum atomic E-state index is 13.4. The first kappa shape index (κ1) is 13.5. The number of hydrogen-bond acceptors (Lipinski definition) is 2. The molecule has 0 aliphatic rings. The van der Waals surface area contributed by atoms with E-state index in [1.54, 1.807) is 36.5 Å². The van der Waals surface area contributed by atoms with Gasteiger partial charge in [-0.1, -0.05) is 24.3 Å². The van der Waals surface area contributed by atoms with Gasteiger partial charge < -0.3 is 5.32 Å². The van der Waals surface area contributed by atoms with Crippen LogP contribution in [0.15, 0.2) is 47.4 Å². The van der Waals surface area contributed by atoms with Crippen LogP contribution in [0, 0.1) is 5.82 Å². The van der Waals surface area contributed by atoms with Crippen molar-refractivity contribution in [3.8, 4) is 0 Å². The van der Waals surface area contributed by atoms with Gasteiger partial charge in [-0.3, -0.25) is 4.79 Å². The molecule has 1 N–H and O–H groups in total. The molecule has 0 fully saturated rings. The molecule has 2 aromatic rings. The molecule has 0 unspecified atom stereocenters. The third-order valence-corrected chi connectivity index (χ3v) is 3.48. The summed E-state index contributed by atoms with van der Waals surface area (Å²) in [7, 11) is 0. The Hall–Kier alpha value is -1.94. The van der Waals surface area contributed by atoms with E-state index in [4.69, 9.17) is 0 Å². The minimum absolute atomic E-state index is 0.184. The quantitative estimate of drug-likeness (QED) is 0.849. The first-order chi connectivity index (χ1) is 9.16. The van der Waals surface area contributed by atoms with E-state index in [1.807, 2.05) is 23.6 Å². The number of hydrogen-bond donors (Lipinski definition) is 1. The topological polar surface area (TPSA) is 29.1 Å². The Morgan fingerprint density at radius 2 is 2.11 bits per heavy atom. The highest BCUT2D eigenvalue weighted by Crippen LogP contribution is 2.13. The van der Waals surface area contributed by atoms with Crippen molar-refractivity contribution in [2.24, 2.45) is 0 Å². The molecule has 98 valence electrons. The summed E-state index contributed by atoms with van der Waals surface area (Å²) in [6.45, 7) is 1.94. The number of carbonyl (C=O) groups excluding carboxylic acids is 1. The third kappa shape index (κ3) is 3.76. The molecule has 0 saturated heterocycles. The molecule has 0 bridgehead atoms. The van der Waals surface area contributed by atoms with E-state index in [0.717, 1.165) is 4.88 Å². The molecular weight excluding hydrogens is 261 g/mol. The van der Waals surface area contributed by atoms with Crippen LogP contribution in [0.25, 0.3) is 6.08 Å². The van der Waals surface area contributed by atoms with Gasteiger partial charge in [0.05, 0.1) is 0 Å². The van der Waals surface area contributed by atoms with Crippen LogP contribution in [0.4, 0.5) is 4.39 Å².